The average molecular weight is 303 g/mol. The zero-order valence-corrected chi connectivity index (χ0v) is 13.4. The van der Waals surface area contributed by atoms with Gasteiger partial charge >= 0.3 is 0 Å². The fourth-order valence-electron chi connectivity index (χ4n) is 2.26. The van der Waals surface area contributed by atoms with Crippen molar-refractivity contribution in [2.75, 3.05) is 6.54 Å². The molecule has 21 heavy (non-hydrogen) atoms. The van der Waals surface area contributed by atoms with E-state index in [1.807, 2.05) is 31.2 Å². The Morgan fingerprint density at radius 3 is 2.57 bits per heavy atom. The maximum Gasteiger partial charge on any atom is 0.129 e. The van der Waals surface area contributed by atoms with Gasteiger partial charge < -0.3 is 5.32 Å². The highest BCUT2D eigenvalue weighted by molar-refractivity contribution is 7.98. The van der Waals surface area contributed by atoms with Crippen LogP contribution in [0, 0.1) is 5.82 Å². The molecule has 0 aliphatic carbocycles. The molecule has 0 fully saturated rings. The van der Waals surface area contributed by atoms with E-state index >= 15 is 0 Å². The number of halogens is 1. The molecule has 1 N–H and O–H groups in total. The topological polar surface area (TPSA) is 12.0 Å². The van der Waals surface area contributed by atoms with Crippen LogP contribution in [0.3, 0.4) is 0 Å². The lowest BCUT2D eigenvalue weighted by molar-refractivity contribution is 0.519. The highest BCUT2D eigenvalue weighted by Gasteiger charge is 2.15. The highest BCUT2D eigenvalue weighted by Crippen LogP contribution is 2.31. The molecule has 2 rings (SSSR count). The predicted molar refractivity (Wildman–Crippen MR) is 89.1 cm³/mol. The van der Waals surface area contributed by atoms with Crippen LogP contribution < -0.4 is 5.32 Å². The lowest BCUT2D eigenvalue weighted by Gasteiger charge is -2.18. The molecule has 0 aromatic heterocycles. The van der Waals surface area contributed by atoms with Crippen LogP contribution in [0.25, 0.3) is 0 Å². The fraction of sp³-hybridized carbons (Fsp3) is 0.333. The van der Waals surface area contributed by atoms with E-state index in [-0.39, 0.29) is 11.9 Å². The smallest absolute Gasteiger partial charge is 0.129 e. The molecule has 0 amide bonds. The third kappa shape index (κ3) is 4.58. The summed E-state index contributed by atoms with van der Waals surface area (Å²) in [6.07, 6.45) is 1.05. The van der Waals surface area contributed by atoms with Gasteiger partial charge in [-0.3, -0.25) is 0 Å². The van der Waals surface area contributed by atoms with Gasteiger partial charge in [0, 0.05) is 22.3 Å². The number of nitrogens with one attached hydrogen (secondary N) is 1. The maximum atomic E-state index is 14.2. The summed E-state index contributed by atoms with van der Waals surface area (Å²) in [6.45, 7) is 5.05. The van der Waals surface area contributed by atoms with Crippen LogP contribution in [-0.4, -0.2) is 6.54 Å². The van der Waals surface area contributed by atoms with Crippen LogP contribution in [0.2, 0.25) is 0 Å². The molecule has 112 valence electrons. The summed E-state index contributed by atoms with van der Waals surface area (Å²) in [6, 6.07) is 15.7. The highest BCUT2D eigenvalue weighted by atomic mass is 32.2. The minimum atomic E-state index is -0.121. The van der Waals surface area contributed by atoms with E-state index in [0.29, 0.717) is 0 Å². The molecule has 0 spiro atoms. The molecule has 0 bridgehead atoms. The molecule has 2 aromatic rings. The second kappa shape index (κ2) is 8.20. The van der Waals surface area contributed by atoms with Gasteiger partial charge in [0.15, 0.2) is 0 Å². The predicted octanol–water partition coefficient (Wildman–Crippen LogP) is 5.18. The normalized spacial score (nSPS) is 12.3. The third-order valence-electron chi connectivity index (χ3n) is 3.38. The summed E-state index contributed by atoms with van der Waals surface area (Å²) in [5, 5.41) is 3.37. The molecule has 0 saturated heterocycles. The fourth-order valence-corrected chi connectivity index (χ4v) is 3.38. The van der Waals surface area contributed by atoms with E-state index in [2.05, 4.69) is 24.4 Å². The summed E-state index contributed by atoms with van der Waals surface area (Å²) in [5.74, 6) is 0.738. The van der Waals surface area contributed by atoms with Crippen molar-refractivity contribution in [1.82, 2.24) is 5.32 Å². The summed E-state index contributed by atoms with van der Waals surface area (Å²) < 4.78 is 14.2. The first-order chi connectivity index (χ1) is 10.2. The first kappa shape index (κ1) is 16.1. The molecular formula is C18H22FNS. The van der Waals surface area contributed by atoms with Crippen LogP contribution >= 0.6 is 11.8 Å². The zero-order valence-electron chi connectivity index (χ0n) is 12.6. The van der Waals surface area contributed by atoms with Crippen molar-refractivity contribution >= 4 is 11.8 Å². The Bertz CT molecular complexity index is 556. The summed E-state index contributed by atoms with van der Waals surface area (Å²) >= 11 is 1.70. The minimum absolute atomic E-state index is 0.0319. The second-order valence-electron chi connectivity index (χ2n) is 5.10. The largest absolute Gasteiger partial charge is 0.310 e. The van der Waals surface area contributed by atoms with Gasteiger partial charge in [0.2, 0.25) is 0 Å². The van der Waals surface area contributed by atoms with Gasteiger partial charge in [-0.2, -0.15) is 0 Å². The quantitative estimate of drug-likeness (QED) is 0.707. The van der Waals surface area contributed by atoms with Crippen LogP contribution in [0.4, 0.5) is 4.39 Å². The Hall–Kier alpha value is -1.32. The van der Waals surface area contributed by atoms with E-state index in [1.165, 1.54) is 5.56 Å². The van der Waals surface area contributed by atoms with Gasteiger partial charge in [0.05, 0.1) is 0 Å². The second-order valence-corrected chi connectivity index (χ2v) is 6.12. The van der Waals surface area contributed by atoms with Crippen molar-refractivity contribution < 1.29 is 4.39 Å². The number of rotatable bonds is 7. The Morgan fingerprint density at radius 2 is 1.86 bits per heavy atom. The molecule has 0 saturated carbocycles. The average Bonchev–Trinajstić information content (AvgIpc) is 2.51. The maximum absolute atomic E-state index is 14.2. The SMILES string of the molecule is CCCNC(C)c1c(F)cccc1SCc1ccccc1. The molecule has 3 heteroatoms. The number of hydrogen-bond acceptors (Lipinski definition) is 2. The van der Waals surface area contributed by atoms with Gasteiger partial charge in [-0.05, 0) is 37.6 Å². The molecule has 0 radical (unpaired) electrons. The van der Waals surface area contributed by atoms with Gasteiger partial charge in [-0.1, -0.05) is 43.3 Å². The molecule has 1 nitrogen and oxygen atoms in total. The molecule has 2 aromatic carbocycles. The Kier molecular flexibility index (Phi) is 6.27. The van der Waals surface area contributed by atoms with Crippen molar-refractivity contribution in [2.45, 2.75) is 37.0 Å². The van der Waals surface area contributed by atoms with E-state index < -0.39 is 0 Å². The molecule has 0 aliphatic heterocycles. The number of thioether (sulfide) groups is 1. The van der Waals surface area contributed by atoms with Gasteiger partial charge in [-0.25, -0.2) is 4.39 Å². The van der Waals surface area contributed by atoms with Gasteiger partial charge in [0.1, 0.15) is 5.82 Å². The van der Waals surface area contributed by atoms with Crippen molar-refractivity contribution in [3.05, 3.63) is 65.5 Å². The minimum Gasteiger partial charge on any atom is -0.310 e. The van der Waals surface area contributed by atoms with Crippen molar-refractivity contribution in [3.63, 3.8) is 0 Å². The van der Waals surface area contributed by atoms with E-state index in [0.717, 1.165) is 29.2 Å². The van der Waals surface area contributed by atoms with E-state index in [4.69, 9.17) is 0 Å². The molecule has 0 aliphatic rings. The summed E-state index contributed by atoms with van der Waals surface area (Å²) in [7, 11) is 0. The Balaban J connectivity index is 2.13. The molecule has 1 atom stereocenters. The standard InChI is InChI=1S/C18H22FNS/c1-3-12-20-14(2)18-16(19)10-7-11-17(18)21-13-15-8-5-4-6-9-15/h4-11,14,20H,3,12-13H2,1-2H3. The van der Waals surface area contributed by atoms with Crippen LogP contribution in [0.1, 0.15) is 37.4 Å². The lowest BCUT2D eigenvalue weighted by atomic mass is 10.1. The third-order valence-corrected chi connectivity index (χ3v) is 4.53. The first-order valence-corrected chi connectivity index (χ1v) is 8.39. The van der Waals surface area contributed by atoms with Crippen molar-refractivity contribution in [3.8, 4) is 0 Å². The first-order valence-electron chi connectivity index (χ1n) is 7.41. The van der Waals surface area contributed by atoms with Crippen molar-refractivity contribution in [1.29, 1.82) is 0 Å². The van der Waals surface area contributed by atoms with Crippen molar-refractivity contribution in [2.24, 2.45) is 0 Å². The zero-order chi connectivity index (χ0) is 15.1. The molecule has 1 unspecified atom stereocenters. The number of benzene rings is 2. The Labute approximate surface area is 131 Å². The van der Waals surface area contributed by atoms with E-state index in [9.17, 15) is 4.39 Å². The van der Waals surface area contributed by atoms with Crippen LogP contribution in [-0.2, 0) is 5.75 Å². The molecular weight excluding hydrogens is 281 g/mol. The van der Waals surface area contributed by atoms with Crippen LogP contribution in [0.5, 0.6) is 0 Å². The summed E-state index contributed by atoms with van der Waals surface area (Å²) in [5.41, 5.74) is 2.04. The van der Waals surface area contributed by atoms with Gasteiger partial charge in [-0.15, -0.1) is 11.8 Å². The monoisotopic (exact) mass is 303 g/mol. The van der Waals surface area contributed by atoms with E-state index in [1.54, 1.807) is 23.9 Å². The van der Waals surface area contributed by atoms with Crippen LogP contribution in [0.15, 0.2) is 53.4 Å². The summed E-state index contributed by atoms with van der Waals surface area (Å²) in [4.78, 5) is 1.02. The Morgan fingerprint density at radius 1 is 1.10 bits per heavy atom. The lowest BCUT2D eigenvalue weighted by Crippen LogP contribution is -2.21. The molecule has 0 heterocycles. The number of hydrogen-bond donors (Lipinski definition) is 1. The van der Waals surface area contributed by atoms with Gasteiger partial charge in [0.25, 0.3) is 0 Å².